The van der Waals surface area contributed by atoms with Crippen molar-refractivity contribution >= 4 is 0 Å². The van der Waals surface area contributed by atoms with E-state index >= 15 is 0 Å². The number of hydrogen-bond acceptors (Lipinski definition) is 2. The summed E-state index contributed by atoms with van der Waals surface area (Å²) in [6.45, 7) is 6.04. The van der Waals surface area contributed by atoms with Gasteiger partial charge in [0.25, 0.3) is 0 Å². The summed E-state index contributed by atoms with van der Waals surface area (Å²) in [5, 5.41) is 3.65. The quantitative estimate of drug-likeness (QED) is 0.753. The van der Waals surface area contributed by atoms with Gasteiger partial charge in [-0.1, -0.05) is 31.9 Å². The Morgan fingerprint density at radius 1 is 1.17 bits per heavy atom. The summed E-state index contributed by atoms with van der Waals surface area (Å²) < 4.78 is 0. The molecule has 0 radical (unpaired) electrons. The monoisotopic (exact) mass is 250 g/mol. The highest BCUT2D eigenvalue weighted by Gasteiger charge is 2.22. The first kappa shape index (κ1) is 14.1. The molecule has 0 saturated carbocycles. The van der Waals surface area contributed by atoms with Crippen LogP contribution in [0.15, 0.2) is 12.2 Å². The highest BCUT2D eigenvalue weighted by molar-refractivity contribution is 4.97. The summed E-state index contributed by atoms with van der Waals surface area (Å²) in [4.78, 5) is 2.73. The van der Waals surface area contributed by atoms with E-state index in [2.05, 4.69) is 29.3 Å². The lowest BCUT2D eigenvalue weighted by Gasteiger charge is -2.32. The number of nitrogens with one attached hydrogen (secondary N) is 1. The fourth-order valence-corrected chi connectivity index (χ4v) is 3.32. The third-order valence-corrected chi connectivity index (χ3v) is 4.33. The zero-order valence-electron chi connectivity index (χ0n) is 12.0. The molecular formula is C16H30N2. The molecule has 0 bridgehead atoms. The van der Waals surface area contributed by atoms with Crippen LogP contribution in [0.3, 0.4) is 0 Å². The second kappa shape index (κ2) is 7.96. The summed E-state index contributed by atoms with van der Waals surface area (Å²) >= 11 is 0. The van der Waals surface area contributed by atoms with Crippen molar-refractivity contribution in [1.29, 1.82) is 0 Å². The Morgan fingerprint density at radius 3 is 2.89 bits per heavy atom. The molecule has 0 aromatic heterocycles. The Hall–Kier alpha value is -0.340. The van der Waals surface area contributed by atoms with Crippen LogP contribution in [0.2, 0.25) is 0 Å². The van der Waals surface area contributed by atoms with E-state index in [9.17, 15) is 0 Å². The van der Waals surface area contributed by atoms with Gasteiger partial charge in [0.15, 0.2) is 0 Å². The molecule has 2 aliphatic rings. The van der Waals surface area contributed by atoms with Gasteiger partial charge in [0.2, 0.25) is 0 Å². The zero-order valence-corrected chi connectivity index (χ0v) is 12.0. The van der Waals surface area contributed by atoms with Gasteiger partial charge in [-0.3, -0.25) is 4.90 Å². The van der Waals surface area contributed by atoms with Crippen molar-refractivity contribution in [2.45, 2.75) is 70.4 Å². The largest absolute Gasteiger partial charge is 0.313 e. The van der Waals surface area contributed by atoms with Crippen molar-refractivity contribution < 1.29 is 0 Å². The predicted octanol–water partition coefficient (Wildman–Crippen LogP) is 3.34. The lowest BCUT2D eigenvalue weighted by molar-refractivity contribution is 0.197. The number of rotatable bonds is 5. The van der Waals surface area contributed by atoms with Crippen LogP contribution in [0.5, 0.6) is 0 Å². The van der Waals surface area contributed by atoms with Crippen molar-refractivity contribution in [3.05, 3.63) is 12.2 Å². The molecule has 104 valence electrons. The lowest BCUT2D eigenvalue weighted by atomic mass is 10.0. The van der Waals surface area contributed by atoms with E-state index in [1.54, 1.807) is 0 Å². The maximum absolute atomic E-state index is 3.65. The van der Waals surface area contributed by atoms with Gasteiger partial charge in [0, 0.05) is 18.6 Å². The fraction of sp³-hybridized carbons (Fsp3) is 0.875. The van der Waals surface area contributed by atoms with Gasteiger partial charge in [-0.15, -0.1) is 0 Å². The molecule has 18 heavy (non-hydrogen) atoms. The average Bonchev–Trinajstić information content (AvgIpc) is 2.81. The van der Waals surface area contributed by atoms with Gasteiger partial charge in [-0.05, 0) is 51.6 Å². The van der Waals surface area contributed by atoms with Crippen LogP contribution in [0.4, 0.5) is 0 Å². The van der Waals surface area contributed by atoms with Gasteiger partial charge in [0.1, 0.15) is 0 Å². The minimum Gasteiger partial charge on any atom is -0.313 e. The summed E-state index contributed by atoms with van der Waals surface area (Å²) in [5.41, 5.74) is 0. The Morgan fingerprint density at radius 2 is 2.11 bits per heavy atom. The van der Waals surface area contributed by atoms with Crippen LogP contribution in [0.25, 0.3) is 0 Å². The molecule has 1 aliphatic heterocycles. The number of nitrogens with zero attached hydrogens (tertiary/aromatic N) is 1. The molecule has 2 rings (SSSR count). The summed E-state index contributed by atoms with van der Waals surface area (Å²) in [6, 6.07) is 1.45. The molecule has 1 heterocycles. The highest BCUT2D eigenvalue weighted by Crippen LogP contribution is 2.18. The van der Waals surface area contributed by atoms with E-state index in [-0.39, 0.29) is 0 Å². The van der Waals surface area contributed by atoms with Crippen LogP contribution in [0, 0.1) is 0 Å². The third kappa shape index (κ3) is 4.40. The van der Waals surface area contributed by atoms with Gasteiger partial charge in [-0.2, -0.15) is 0 Å². The van der Waals surface area contributed by atoms with Crippen LogP contribution in [-0.2, 0) is 0 Å². The molecule has 0 aromatic carbocycles. The summed E-state index contributed by atoms with van der Waals surface area (Å²) in [7, 11) is 0. The SMILES string of the molecule is CCCN(CC1CCCN1)C1/C=C/CCCCC1. The molecule has 1 fully saturated rings. The Kier molecular flexibility index (Phi) is 6.22. The van der Waals surface area contributed by atoms with E-state index in [0.717, 1.165) is 6.04 Å². The lowest BCUT2D eigenvalue weighted by Crippen LogP contribution is -2.43. The smallest absolute Gasteiger partial charge is 0.0278 e. The van der Waals surface area contributed by atoms with Crippen LogP contribution >= 0.6 is 0 Å². The highest BCUT2D eigenvalue weighted by atomic mass is 15.2. The van der Waals surface area contributed by atoms with Crippen molar-refractivity contribution in [3.8, 4) is 0 Å². The average molecular weight is 250 g/mol. The normalized spacial score (nSPS) is 31.2. The van der Waals surface area contributed by atoms with E-state index in [0.29, 0.717) is 6.04 Å². The molecule has 2 heteroatoms. The van der Waals surface area contributed by atoms with E-state index < -0.39 is 0 Å². The second-order valence-corrected chi connectivity index (χ2v) is 5.92. The van der Waals surface area contributed by atoms with Crippen LogP contribution in [-0.4, -0.2) is 36.6 Å². The first-order chi connectivity index (χ1) is 8.90. The third-order valence-electron chi connectivity index (χ3n) is 4.33. The first-order valence-corrected chi connectivity index (χ1v) is 8.04. The van der Waals surface area contributed by atoms with Crippen molar-refractivity contribution in [2.75, 3.05) is 19.6 Å². The van der Waals surface area contributed by atoms with E-state index in [4.69, 9.17) is 0 Å². The maximum atomic E-state index is 3.65. The van der Waals surface area contributed by atoms with Crippen molar-refractivity contribution in [3.63, 3.8) is 0 Å². The second-order valence-electron chi connectivity index (χ2n) is 5.92. The molecule has 0 aromatic rings. The fourth-order valence-electron chi connectivity index (χ4n) is 3.32. The molecule has 0 amide bonds. The minimum absolute atomic E-state index is 0.702. The van der Waals surface area contributed by atoms with Crippen molar-refractivity contribution in [1.82, 2.24) is 10.2 Å². The summed E-state index contributed by atoms with van der Waals surface area (Å²) in [6.07, 6.45) is 15.8. The molecule has 0 spiro atoms. The molecule has 2 nitrogen and oxygen atoms in total. The summed E-state index contributed by atoms with van der Waals surface area (Å²) in [5.74, 6) is 0. The molecule has 1 aliphatic carbocycles. The number of hydrogen-bond donors (Lipinski definition) is 1. The van der Waals surface area contributed by atoms with E-state index in [1.807, 2.05) is 0 Å². The maximum Gasteiger partial charge on any atom is 0.0278 e. The van der Waals surface area contributed by atoms with Crippen LogP contribution in [0.1, 0.15) is 58.3 Å². The first-order valence-electron chi connectivity index (χ1n) is 8.04. The molecular weight excluding hydrogens is 220 g/mol. The molecule has 2 unspecified atom stereocenters. The zero-order chi connectivity index (χ0) is 12.6. The van der Waals surface area contributed by atoms with Gasteiger partial charge >= 0.3 is 0 Å². The van der Waals surface area contributed by atoms with Gasteiger partial charge in [-0.25, -0.2) is 0 Å². The molecule has 1 saturated heterocycles. The predicted molar refractivity (Wildman–Crippen MR) is 78.9 cm³/mol. The van der Waals surface area contributed by atoms with Gasteiger partial charge in [0.05, 0.1) is 0 Å². The van der Waals surface area contributed by atoms with Crippen LogP contribution < -0.4 is 5.32 Å². The Bertz CT molecular complexity index is 243. The topological polar surface area (TPSA) is 15.3 Å². The van der Waals surface area contributed by atoms with Gasteiger partial charge < -0.3 is 5.32 Å². The van der Waals surface area contributed by atoms with E-state index in [1.165, 1.54) is 71.0 Å². The van der Waals surface area contributed by atoms with Crippen molar-refractivity contribution in [2.24, 2.45) is 0 Å². The molecule has 2 atom stereocenters. The minimum atomic E-state index is 0.702. The Balaban J connectivity index is 1.90. The number of allylic oxidation sites excluding steroid dienone is 1. The Labute approximate surface area is 113 Å². The molecule has 1 N–H and O–H groups in total. The standard InChI is InChI=1S/C16H30N2/c1-2-13-18(14-15-9-8-12-17-15)16-10-6-4-3-5-7-11-16/h6,10,15-17H,2-5,7-9,11-14H2,1H3/b10-6+.